The topological polar surface area (TPSA) is 60.9 Å². The summed E-state index contributed by atoms with van der Waals surface area (Å²) in [6.07, 6.45) is 1.00. The molecule has 2 aromatic rings. The van der Waals surface area contributed by atoms with E-state index in [4.69, 9.17) is 5.73 Å². The van der Waals surface area contributed by atoms with Crippen molar-refractivity contribution >= 4 is 0 Å². The smallest absolute Gasteiger partial charge is 0.271 e. The molecule has 0 amide bonds. The van der Waals surface area contributed by atoms with Crippen LogP contribution in [0.15, 0.2) is 35.1 Å². The van der Waals surface area contributed by atoms with Gasteiger partial charge in [0.25, 0.3) is 5.56 Å². The lowest BCUT2D eigenvalue weighted by Crippen LogP contribution is -2.38. The zero-order valence-corrected chi connectivity index (χ0v) is 12.5. The molecular formula is C16H21N3O. The summed E-state index contributed by atoms with van der Waals surface area (Å²) in [6.45, 7) is 5.77. The first kappa shape index (κ1) is 14.5. The Labute approximate surface area is 119 Å². The Morgan fingerprint density at radius 1 is 1.25 bits per heavy atom. The van der Waals surface area contributed by atoms with Crippen LogP contribution in [0.4, 0.5) is 0 Å². The van der Waals surface area contributed by atoms with Gasteiger partial charge in [-0.15, -0.1) is 0 Å². The van der Waals surface area contributed by atoms with E-state index in [1.807, 2.05) is 26.0 Å². The monoisotopic (exact) mass is 271 g/mol. The van der Waals surface area contributed by atoms with Crippen molar-refractivity contribution in [2.45, 2.75) is 32.7 Å². The lowest BCUT2D eigenvalue weighted by molar-refractivity contribution is 0.531. The van der Waals surface area contributed by atoms with Gasteiger partial charge in [0.05, 0.1) is 5.69 Å². The molecule has 20 heavy (non-hydrogen) atoms. The molecule has 2 rings (SSSR count). The van der Waals surface area contributed by atoms with Crippen LogP contribution < -0.4 is 11.3 Å². The second-order valence-corrected chi connectivity index (χ2v) is 5.64. The Morgan fingerprint density at radius 2 is 1.85 bits per heavy atom. The lowest BCUT2D eigenvalue weighted by Gasteiger charge is -2.19. The molecule has 0 saturated heterocycles. The number of aromatic nitrogens is 2. The third kappa shape index (κ3) is 2.80. The Hall–Kier alpha value is -1.94. The summed E-state index contributed by atoms with van der Waals surface area (Å²) in [7, 11) is 1.65. The summed E-state index contributed by atoms with van der Waals surface area (Å²) in [5, 5.41) is 4.32. The van der Waals surface area contributed by atoms with Gasteiger partial charge >= 0.3 is 0 Å². The number of nitrogens with zero attached hydrogens (tertiary/aromatic N) is 2. The molecule has 1 heterocycles. The Balaban J connectivity index is 2.57. The first-order valence-corrected chi connectivity index (χ1v) is 6.80. The van der Waals surface area contributed by atoms with Crippen molar-refractivity contribution in [2.24, 2.45) is 12.8 Å². The van der Waals surface area contributed by atoms with E-state index in [0.29, 0.717) is 5.56 Å². The number of benzene rings is 1. The van der Waals surface area contributed by atoms with Crippen LogP contribution in [-0.4, -0.2) is 9.78 Å². The normalized spacial score (nSPS) is 11.7. The highest BCUT2D eigenvalue weighted by atomic mass is 16.1. The van der Waals surface area contributed by atoms with E-state index in [1.54, 1.807) is 13.1 Å². The molecule has 1 aromatic carbocycles. The number of aryl methyl sites for hydroxylation is 2. The van der Waals surface area contributed by atoms with Crippen molar-refractivity contribution in [2.75, 3.05) is 0 Å². The van der Waals surface area contributed by atoms with E-state index in [1.165, 1.54) is 10.2 Å². The number of nitrogens with two attached hydrogens (primary N) is 1. The van der Waals surface area contributed by atoms with Crippen LogP contribution in [0, 0.1) is 0 Å². The third-order valence-corrected chi connectivity index (χ3v) is 3.42. The van der Waals surface area contributed by atoms with Gasteiger partial charge in [-0.3, -0.25) is 4.79 Å². The molecule has 0 radical (unpaired) electrons. The fourth-order valence-corrected chi connectivity index (χ4v) is 2.12. The fraction of sp³-hybridized carbons (Fsp3) is 0.375. The molecule has 1 aromatic heterocycles. The van der Waals surface area contributed by atoms with E-state index in [0.717, 1.165) is 17.7 Å². The van der Waals surface area contributed by atoms with Crippen LogP contribution in [0.5, 0.6) is 0 Å². The van der Waals surface area contributed by atoms with Gasteiger partial charge in [0.15, 0.2) is 0 Å². The van der Waals surface area contributed by atoms with Crippen LogP contribution in [-0.2, 0) is 19.0 Å². The van der Waals surface area contributed by atoms with Crippen molar-refractivity contribution in [3.8, 4) is 11.3 Å². The first-order chi connectivity index (χ1) is 9.32. The zero-order valence-electron chi connectivity index (χ0n) is 12.5. The van der Waals surface area contributed by atoms with Crippen molar-refractivity contribution in [3.63, 3.8) is 0 Å². The highest BCUT2D eigenvalue weighted by Crippen LogP contribution is 2.21. The largest absolute Gasteiger partial charge is 0.322 e. The van der Waals surface area contributed by atoms with E-state index in [-0.39, 0.29) is 5.56 Å². The van der Waals surface area contributed by atoms with Crippen molar-refractivity contribution in [1.82, 2.24) is 9.78 Å². The molecular weight excluding hydrogens is 250 g/mol. The van der Waals surface area contributed by atoms with E-state index in [2.05, 4.69) is 24.2 Å². The maximum atomic E-state index is 12.1. The maximum absolute atomic E-state index is 12.1. The van der Waals surface area contributed by atoms with Gasteiger partial charge in [-0.25, -0.2) is 4.68 Å². The number of hydrogen-bond donors (Lipinski definition) is 1. The highest BCUT2D eigenvalue weighted by Gasteiger charge is 2.20. The van der Waals surface area contributed by atoms with Crippen molar-refractivity contribution in [3.05, 3.63) is 51.8 Å². The van der Waals surface area contributed by atoms with Crippen molar-refractivity contribution < 1.29 is 0 Å². The zero-order chi connectivity index (χ0) is 14.9. The molecule has 0 saturated carbocycles. The summed E-state index contributed by atoms with van der Waals surface area (Å²) in [5.74, 6) is 0. The summed E-state index contributed by atoms with van der Waals surface area (Å²) >= 11 is 0. The number of rotatable bonds is 3. The highest BCUT2D eigenvalue weighted by molar-refractivity contribution is 5.59. The summed E-state index contributed by atoms with van der Waals surface area (Å²) in [6, 6.07) is 10.0. The van der Waals surface area contributed by atoms with Gasteiger partial charge in [0.1, 0.15) is 0 Å². The fourth-order valence-electron chi connectivity index (χ4n) is 2.12. The molecule has 0 aliphatic rings. The molecule has 4 heteroatoms. The lowest BCUT2D eigenvalue weighted by atomic mass is 9.95. The van der Waals surface area contributed by atoms with Gasteiger partial charge in [0, 0.05) is 23.7 Å². The molecule has 106 valence electrons. The SMILES string of the molecule is CCc1ccc(-c2cc(C(C)(C)N)c(=O)n(C)n2)cc1. The first-order valence-electron chi connectivity index (χ1n) is 6.80. The molecule has 0 spiro atoms. The minimum atomic E-state index is -0.685. The van der Waals surface area contributed by atoms with Gasteiger partial charge < -0.3 is 5.73 Å². The molecule has 2 N–H and O–H groups in total. The molecule has 0 aliphatic carbocycles. The van der Waals surface area contributed by atoms with E-state index < -0.39 is 5.54 Å². The van der Waals surface area contributed by atoms with E-state index >= 15 is 0 Å². The molecule has 4 nitrogen and oxygen atoms in total. The van der Waals surface area contributed by atoms with Gasteiger partial charge in [-0.05, 0) is 31.9 Å². The molecule has 0 unspecified atom stereocenters. The molecule has 0 atom stereocenters. The van der Waals surface area contributed by atoms with Crippen LogP contribution in [0.25, 0.3) is 11.3 Å². The van der Waals surface area contributed by atoms with Gasteiger partial charge in [0.2, 0.25) is 0 Å². The van der Waals surface area contributed by atoms with Gasteiger partial charge in [-0.2, -0.15) is 5.10 Å². The quantitative estimate of drug-likeness (QED) is 0.931. The second kappa shape index (κ2) is 5.21. The Kier molecular flexibility index (Phi) is 3.77. The average Bonchev–Trinajstić information content (AvgIpc) is 2.40. The van der Waals surface area contributed by atoms with Gasteiger partial charge in [-0.1, -0.05) is 31.2 Å². The minimum Gasteiger partial charge on any atom is -0.322 e. The average molecular weight is 271 g/mol. The standard InChI is InChI=1S/C16H21N3O/c1-5-11-6-8-12(9-7-11)14-10-13(16(2,3)17)15(20)19(4)18-14/h6-10H,5,17H2,1-4H3. The minimum absolute atomic E-state index is 0.147. The third-order valence-electron chi connectivity index (χ3n) is 3.42. The van der Waals surface area contributed by atoms with Crippen LogP contribution in [0.1, 0.15) is 31.9 Å². The van der Waals surface area contributed by atoms with Crippen LogP contribution in [0.2, 0.25) is 0 Å². The summed E-state index contributed by atoms with van der Waals surface area (Å²) in [5.41, 5.74) is 8.85. The van der Waals surface area contributed by atoms with Crippen LogP contribution in [0.3, 0.4) is 0 Å². The maximum Gasteiger partial charge on any atom is 0.271 e. The molecule has 0 aliphatic heterocycles. The number of hydrogen-bond acceptors (Lipinski definition) is 3. The summed E-state index contributed by atoms with van der Waals surface area (Å²) in [4.78, 5) is 12.1. The Bertz CT molecular complexity index is 664. The Morgan fingerprint density at radius 3 is 2.35 bits per heavy atom. The van der Waals surface area contributed by atoms with Crippen LogP contribution >= 0.6 is 0 Å². The summed E-state index contributed by atoms with van der Waals surface area (Å²) < 4.78 is 1.35. The second-order valence-electron chi connectivity index (χ2n) is 5.64. The molecule has 0 bridgehead atoms. The van der Waals surface area contributed by atoms with Crippen molar-refractivity contribution in [1.29, 1.82) is 0 Å². The molecule has 0 fully saturated rings. The predicted molar refractivity (Wildman–Crippen MR) is 81.5 cm³/mol. The predicted octanol–water partition coefficient (Wildman–Crippen LogP) is 2.20. The van der Waals surface area contributed by atoms with E-state index in [9.17, 15) is 4.79 Å².